The molecule has 0 aliphatic rings. The van der Waals surface area contributed by atoms with Crippen molar-refractivity contribution in [3.05, 3.63) is 128 Å². The van der Waals surface area contributed by atoms with E-state index in [1.165, 1.54) is 30.1 Å². The molecule has 2 amide bonds. The quantitative estimate of drug-likeness (QED) is 0.189. The highest BCUT2D eigenvalue weighted by molar-refractivity contribution is 7.92. The zero-order valence-corrected chi connectivity index (χ0v) is 27.5. The number of aryl methyl sites for hydroxylation is 2. The van der Waals surface area contributed by atoms with Crippen molar-refractivity contribution in [3.8, 4) is 0 Å². The van der Waals surface area contributed by atoms with Gasteiger partial charge in [-0.15, -0.1) is 0 Å². The molecule has 0 saturated heterocycles. The summed E-state index contributed by atoms with van der Waals surface area (Å²) in [6.07, 6.45) is 0.162. The van der Waals surface area contributed by atoms with E-state index < -0.39 is 34.4 Å². The normalized spacial score (nSPS) is 12.0. The van der Waals surface area contributed by atoms with E-state index in [4.69, 9.17) is 34.8 Å². The second kappa shape index (κ2) is 14.5. The largest absolute Gasteiger partial charge is 0.357 e. The van der Waals surface area contributed by atoms with E-state index >= 15 is 0 Å². The van der Waals surface area contributed by atoms with Crippen molar-refractivity contribution in [1.29, 1.82) is 0 Å². The third-order valence-electron chi connectivity index (χ3n) is 7.24. The Kier molecular flexibility index (Phi) is 11.0. The van der Waals surface area contributed by atoms with Crippen LogP contribution in [0.2, 0.25) is 15.1 Å². The van der Waals surface area contributed by atoms with Crippen LogP contribution in [0, 0.1) is 13.8 Å². The van der Waals surface area contributed by atoms with Gasteiger partial charge < -0.3 is 10.2 Å². The number of amides is 2. The third kappa shape index (κ3) is 7.74. The predicted molar refractivity (Wildman–Crippen MR) is 177 cm³/mol. The van der Waals surface area contributed by atoms with Crippen LogP contribution in [0.3, 0.4) is 0 Å². The number of anilines is 1. The average molecular weight is 673 g/mol. The first-order valence-corrected chi connectivity index (χ1v) is 16.3. The van der Waals surface area contributed by atoms with E-state index in [9.17, 15) is 18.0 Å². The van der Waals surface area contributed by atoms with E-state index in [1.54, 1.807) is 49.4 Å². The van der Waals surface area contributed by atoms with Crippen LogP contribution in [0.4, 0.5) is 5.69 Å². The summed E-state index contributed by atoms with van der Waals surface area (Å²) in [4.78, 5) is 29.2. The molecule has 1 N–H and O–H groups in total. The van der Waals surface area contributed by atoms with Gasteiger partial charge in [0.1, 0.15) is 12.6 Å². The van der Waals surface area contributed by atoms with Gasteiger partial charge in [0.25, 0.3) is 10.0 Å². The minimum Gasteiger partial charge on any atom is -0.357 e. The van der Waals surface area contributed by atoms with Crippen LogP contribution < -0.4 is 9.62 Å². The third-order valence-corrected chi connectivity index (χ3v) is 9.95. The Balaban J connectivity index is 1.85. The van der Waals surface area contributed by atoms with Gasteiger partial charge in [0.2, 0.25) is 11.8 Å². The van der Waals surface area contributed by atoms with Crippen molar-refractivity contribution < 1.29 is 18.0 Å². The highest BCUT2D eigenvalue weighted by Crippen LogP contribution is 2.31. The molecular weight excluding hydrogens is 641 g/mol. The monoisotopic (exact) mass is 671 g/mol. The van der Waals surface area contributed by atoms with Crippen molar-refractivity contribution in [2.45, 2.75) is 37.8 Å². The zero-order valence-electron chi connectivity index (χ0n) is 24.4. The number of hydrogen-bond donors (Lipinski definition) is 1. The molecule has 0 spiro atoms. The standard InChI is InChI=1S/C33H32Cl3N3O4S/c1-22-12-16-26(17-13-22)44(42,43)39(30-19-25(34)15-14-23(30)2)21-32(40)38(20-27-28(35)10-7-11-29(27)36)31(33(41)37-3)18-24-8-5-4-6-9-24/h4-17,19,31H,18,20-21H2,1-3H3,(H,37,41)/t31-/m1/s1. The molecule has 0 radical (unpaired) electrons. The Hall–Kier alpha value is -3.56. The van der Waals surface area contributed by atoms with E-state index in [2.05, 4.69) is 5.32 Å². The molecule has 7 nitrogen and oxygen atoms in total. The fourth-order valence-corrected chi connectivity index (χ4v) is 6.93. The first-order valence-electron chi connectivity index (χ1n) is 13.8. The molecule has 0 aliphatic heterocycles. The number of likely N-dealkylation sites (N-methyl/N-ethyl adjacent to an activating group) is 1. The number of halogens is 3. The Morgan fingerprint density at radius 2 is 1.48 bits per heavy atom. The second-order valence-corrected chi connectivity index (χ2v) is 13.4. The number of benzene rings is 4. The smallest absolute Gasteiger partial charge is 0.264 e. The summed E-state index contributed by atoms with van der Waals surface area (Å²) in [5.41, 5.74) is 2.94. The molecule has 0 aromatic heterocycles. The van der Waals surface area contributed by atoms with Crippen molar-refractivity contribution in [1.82, 2.24) is 10.2 Å². The van der Waals surface area contributed by atoms with E-state index in [0.29, 0.717) is 26.2 Å². The summed E-state index contributed by atoms with van der Waals surface area (Å²) >= 11 is 19.4. The number of sulfonamides is 1. The Morgan fingerprint density at radius 3 is 2.09 bits per heavy atom. The first kappa shape index (κ1) is 33.3. The van der Waals surface area contributed by atoms with Crippen molar-refractivity contribution in [3.63, 3.8) is 0 Å². The highest BCUT2D eigenvalue weighted by Gasteiger charge is 2.35. The Bertz CT molecular complexity index is 1730. The summed E-state index contributed by atoms with van der Waals surface area (Å²) in [5, 5.41) is 3.56. The topological polar surface area (TPSA) is 86.8 Å². The molecule has 0 heterocycles. The van der Waals surface area contributed by atoms with Crippen molar-refractivity contribution in [2.75, 3.05) is 17.9 Å². The molecule has 0 aliphatic carbocycles. The minimum absolute atomic E-state index is 0.00288. The molecule has 4 rings (SSSR count). The van der Waals surface area contributed by atoms with Crippen LogP contribution in [0.1, 0.15) is 22.3 Å². The van der Waals surface area contributed by atoms with Crippen LogP contribution >= 0.6 is 34.8 Å². The van der Waals surface area contributed by atoms with Crippen LogP contribution in [0.15, 0.2) is 95.9 Å². The lowest BCUT2D eigenvalue weighted by Crippen LogP contribution is -2.53. The number of hydrogen-bond acceptors (Lipinski definition) is 4. The highest BCUT2D eigenvalue weighted by atomic mass is 35.5. The average Bonchev–Trinajstić information content (AvgIpc) is 3.00. The second-order valence-electron chi connectivity index (χ2n) is 10.3. The number of nitrogens with zero attached hydrogens (tertiary/aromatic N) is 2. The van der Waals surface area contributed by atoms with Crippen LogP contribution in [0.25, 0.3) is 0 Å². The SMILES string of the molecule is CNC(=O)[C@@H](Cc1ccccc1)N(Cc1c(Cl)cccc1Cl)C(=O)CN(c1cc(Cl)ccc1C)S(=O)(=O)c1ccc(C)cc1. The molecule has 11 heteroatoms. The lowest BCUT2D eigenvalue weighted by molar-refractivity contribution is -0.139. The molecular formula is C33H32Cl3N3O4S. The van der Waals surface area contributed by atoms with Gasteiger partial charge in [0.15, 0.2) is 0 Å². The van der Waals surface area contributed by atoms with Crippen LogP contribution in [0.5, 0.6) is 0 Å². The van der Waals surface area contributed by atoms with Gasteiger partial charge in [0.05, 0.1) is 10.6 Å². The molecule has 0 unspecified atom stereocenters. The van der Waals surface area contributed by atoms with Gasteiger partial charge in [-0.1, -0.05) is 95.0 Å². The van der Waals surface area contributed by atoms with Gasteiger partial charge in [0, 0.05) is 40.6 Å². The summed E-state index contributed by atoms with van der Waals surface area (Å²) in [6, 6.07) is 24.4. The van der Waals surface area contributed by atoms with Gasteiger partial charge in [-0.05, 0) is 61.4 Å². The van der Waals surface area contributed by atoms with Crippen molar-refractivity contribution in [2.24, 2.45) is 0 Å². The molecule has 44 heavy (non-hydrogen) atoms. The molecule has 0 bridgehead atoms. The molecule has 4 aromatic rings. The molecule has 4 aromatic carbocycles. The fourth-order valence-electron chi connectivity index (χ4n) is 4.78. The summed E-state index contributed by atoms with van der Waals surface area (Å²) in [6.45, 7) is 2.82. The first-order chi connectivity index (χ1) is 20.9. The number of rotatable bonds is 11. The van der Waals surface area contributed by atoms with E-state index in [1.807, 2.05) is 37.3 Å². The summed E-state index contributed by atoms with van der Waals surface area (Å²) in [7, 11) is -2.78. The van der Waals surface area contributed by atoms with Gasteiger partial charge >= 0.3 is 0 Å². The zero-order chi connectivity index (χ0) is 32.0. The predicted octanol–water partition coefficient (Wildman–Crippen LogP) is 6.85. The fraction of sp³-hybridized carbons (Fsp3) is 0.212. The van der Waals surface area contributed by atoms with Crippen LogP contribution in [-0.2, 0) is 32.6 Å². The van der Waals surface area contributed by atoms with E-state index in [0.717, 1.165) is 15.4 Å². The van der Waals surface area contributed by atoms with Gasteiger partial charge in [-0.3, -0.25) is 13.9 Å². The van der Waals surface area contributed by atoms with Crippen molar-refractivity contribution >= 4 is 62.3 Å². The maximum Gasteiger partial charge on any atom is 0.264 e. The van der Waals surface area contributed by atoms with Crippen LogP contribution in [-0.4, -0.2) is 44.8 Å². The Morgan fingerprint density at radius 1 is 0.841 bits per heavy atom. The lowest BCUT2D eigenvalue weighted by Gasteiger charge is -2.34. The number of nitrogens with one attached hydrogen (secondary N) is 1. The molecule has 1 atom stereocenters. The maximum absolute atomic E-state index is 14.5. The molecule has 0 fully saturated rings. The molecule has 0 saturated carbocycles. The maximum atomic E-state index is 14.5. The van der Waals surface area contributed by atoms with E-state index in [-0.39, 0.29) is 23.5 Å². The number of carbonyl (C=O) groups excluding carboxylic acids is 2. The molecule has 230 valence electrons. The van der Waals surface area contributed by atoms with Gasteiger partial charge in [-0.25, -0.2) is 8.42 Å². The lowest BCUT2D eigenvalue weighted by atomic mass is 10.0. The number of carbonyl (C=O) groups is 2. The summed E-state index contributed by atoms with van der Waals surface area (Å²) in [5.74, 6) is -1.07. The Labute approximate surface area is 273 Å². The summed E-state index contributed by atoms with van der Waals surface area (Å²) < 4.78 is 29.4. The van der Waals surface area contributed by atoms with Gasteiger partial charge in [-0.2, -0.15) is 0 Å². The minimum atomic E-state index is -4.26.